The van der Waals surface area contributed by atoms with Crippen LogP contribution in [0.4, 0.5) is 13.2 Å². The number of nitrogens with zero attached hydrogens (tertiary/aromatic N) is 4. The van der Waals surface area contributed by atoms with Crippen molar-refractivity contribution < 1.29 is 25.5 Å². The van der Waals surface area contributed by atoms with Crippen LogP contribution in [-0.4, -0.2) is 37.8 Å². The van der Waals surface area contributed by atoms with Crippen LogP contribution >= 0.6 is 0 Å². The Kier molecular flexibility index (Phi) is 5.20. The molecule has 1 saturated carbocycles. The number of rotatable bonds is 7. The van der Waals surface area contributed by atoms with E-state index >= 15 is 0 Å². The fourth-order valence-corrected chi connectivity index (χ4v) is 4.15. The van der Waals surface area contributed by atoms with Crippen molar-refractivity contribution in [2.75, 3.05) is 6.56 Å². The highest BCUT2D eigenvalue weighted by molar-refractivity contribution is 5.58. The molecule has 188 valence electrons. The molecular weight excluding hydrogens is 469 g/mol. The van der Waals surface area contributed by atoms with Crippen molar-refractivity contribution in [3.05, 3.63) is 77.0 Å². The first-order valence-electron chi connectivity index (χ1n) is 12.6. The lowest BCUT2D eigenvalue weighted by Crippen LogP contribution is -2.36. The van der Waals surface area contributed by atoms with E-state index in [2.05, 4.69) is 15.2 Å². The topological polar surface area (TPSA) is 77.0 Å². The highest BCUT2D eigenvalue weighted by Gasteiger charge is 2.48. The van der Waals surface area contributed by atoms with Gasteiger partial charge in [0.05, 0.1) is 21.3 Å². The van der Waals surface area contributed by atoms with Crippen LogP contribution in [0, 0.1) is 6.92 Å². The Balaban J connectivity index is 1.35. The molecule has 0 spiro atoms. The molecule has 5 rings (SSSR count). The monoisotopic (exact) mass is 498 g/mol. The Bertz CT molecular complexity index is 1470. The van der Waals surface area contributed by atoms with Crippen molar-refractivity contribution in [3.63, 3.8) is 0 Å². The van der Waals surface area contributed by atoms with Gasteiger partial charge in [-0.1, -0.05) is 53.7 Å². The summed E-state index contributed by atoms with van der Waals surface area (Å²) in [4.78, 5) is 4.39. The minimum Gasteiger partial charge on any atom is -0.395 e. The molecule has 36 heavy (non-hydrogen) atoms. The van der Waals surface area contributed by atoms with Crippen molar-refractivity contribution >= 4 is 0 Å². The molecule has 0 saturated heterocycles. The maximum atomic E-state index is 13.4. The Hall–Kier alpha value is -3.46. The van der Waals surface area contributed by atoms with Gasteiger partial charge < -0.3 is 9.63 Å². The molecule has 6 nitrogen and oxygen atoms in total. The van der Waals surface area contributed by atoms with E-state index < -0.39 is 23.6 Å². The Morgan fingerprint density at radius 3 is 2.47 bits per heavy atom. The summed E-state index contributed by atoms with van der Waals surface area (Å²) in [5.74, 6) is 0.421. The number of aromatic nitrogens is 4. The molecule has 0 radical (unpaired) electrons. The maximum Gasteiger partial charge on any atom is 0.397 e. The van der Waals surface area contributed by atoms with Crippen molar-refractivity contribution in [2.45, 2.75) is 57.2 Å². The molecule has 2 aromatic carbocycles. The fraction of sp³-hybridized carbons (Fsp3) is 0.370. The van der Waals surface area contributed by atoms with E-state index in [0.717, 1.165) is 30.7 Å². The summed E-state index contributed by atoms with van der Waals surface area (Å²) in [5, 5.41) is 18.6. The second kappa shape index (κ2) is 8.58. The van der Waals surface area contributed by atoms with Gasteiger partial charge in [0, 0.05) is 16.7 Å². The number of aliphatic hydroxyl groups is 1. The number of hydrogen-bond acceptors (Lipinski definition) is 5. The molecular formula is C27H27F3N4O2. The smallest absolute Gasteiger partial charge is 0.395 e. The average molecular weight is 499 g/mol. The quantitative estimate of drug-likeness (QED) is 0.347. The predicted molar refractivity (Wildman–Crippen MR) is 128 cm³/mol. The second-order valence-corrected chi connectivity index (χ2v) is 9.85. The molecule has 0 aliphatic heterocycles. The molecule has 0 unspecified atom stereocenters. The minimum absolute atomic E-state index is 0.138. The SMILES string of the molecule is [2H]C([2H])(O)C1(c2cccc(Cn3nc(-c4nc(-c5ccc(C(C)(C)C(F)(F)F)cc5)no4)cc3C)c2)CC1. The van der Waals surface area contributed by atoms with Crippen molar-refractivity contribution in [1.29, 1.82) is 0 Å². The van der Waals surface area contributed by atoms with Crippen LogP contribution in [0.25, 0.3) is 23.0 Å². The second-order valence-electron chi connectivity index (χ2n) is 9.85. The van der Waals surface area contributed by atoms with Crippen molar-refractivity contribution in [2.24, 2.45) is 0 Å². The summed E-state index contributed by atoms with van der Waals surface area (Å²) < 4.78 is 62.9. The van der Waals surface area contributed by atoms with E-state index in [1.54, 1.807) is 10.7 Å². The molecule has 1 fully saturated rings. The van der Waals surface area contributed by atoms with Crippen molar-refractivity contribution in [3.8, 4) is 23.0 Å². The van der Waals surface area contributed by atoms with Gasteiger partial charge in [-0.2, -0.15) is 23.3 Å². The van der Waals surface area contributed by atoms with Gasteiger partial charge in [-0.25, -0.2) is 0 Å². The third kappa shape index (κ3) is 4.32. The van der Waals surface area contributed by atoms with Crippen LogP contribution in [0.15, 0.2) is 59.1 Å². The first kappa shape index (κ1) is 21.8. The molecule has 4 aromatic rings. The number of hydrogen-bond donors (Lipinski definition) is 1. The summed E-state index contributed by atoms with van der Waals surface area (Å²) in [7, 11) is 0. The van der Waals surface area contributed by atoms with Crippen molar-refractivity contribution in [1.82, 2.24) is 19.9 Å². The van der Waals surface area contributed by atoms with E-state index in [4.69, 9.17) is 7.26 Å². The Morgan fingerprint density at radius 1 is 1.11 bits per heavy atom. The molecule has 1 N–H and O–H groups in total. The molecule has 0 bridgehead atoms. The summed E-state index contributed by atoms with van der Waals surface area (Å²) in [6.07, 6.45) is -3.20. The molecule has 2 aromatic heterocycles. The van der Waals surface area contributed by atoms with E-state index in [-0.39, 0.29) is 17.3 Å². The van der Waals surface area contributed by atoms with Crippen LogP contribution in [0.5, 0.6) is 0 Å². The summed E-state index contributed by atoms with van der Waals surface area (Å²) >= 11 is 0. The van der Waals surface area contributed by atoms with Gasteiger partial charge >= 0.3 is 6.18 Å². The van der Waals surface area contributed by atoms with E-state index in [1.807, 2.05) is 31.2 Å². The zero-order valence-corrected chi connectivity index (χ0v) is 20.1. The fourth-order valence-electron chi connectivity index (χ4n) is 4.15. The summed E-state index contributed by atoms with van der Waals surface area (Å²) in [5.41, 5.74) is 0.767. The summed E-state index contributed by atoms with van der Waals surface area (Å²) in [6.45, 7) is 2.29. The Labute approximate surface area is 209 Å². The molecule has 1 aliphatic carbocycles. The first-order chi connectivity index (χ1) is 17.7. The van der Waals surface area contributed by atoms with Crippen LogP contribution in [0.2, 0.25) is 0 Å². The van der Waals surface area contributed by atoms with Gasteiger partial charge in [-0.15, -0.1) is 0 Å². The van der Waals surface area contributed by atoms with Gasteiger partial charge in [-0.3, -0.25) is 4.68 Å². The van der Waals surface area contributed by atoms with Gasteiger partial charge in [-0.05, 0) is 56.4 Å². The first-order valence-corrected chi connectivity index (χ1v) is 11.6. The zero-order chi connectivity index (χ0) is 27.5. The van der Waals surface area contributed by atoms with Gasteiger partial charge in [0.15, 0.2) is 5.69 Å². The molecule has 9 heteroatoms. The summed E-state index contributed by atoms with van der Waals surface area (Å²) in [6, 6.07) is 15.2. The van der Waals surface area contributed by atoms with Crippen LogP contribution in [0.1, 0.15) is 51.8 Å². The molecule has 2 heterocycles. The van der Waals surface area contributed by atoms with Crippen LogP contribution in [-0.2, 0) is 17.4 Å². The minimum atomic E-state index is -4.38. The highest BCUT2D eigenvalue weighted by atomic mass is 19.4. The number of benzene rings is 2. The van der Waals surface area contributed by atoms with Gasteiger partial charge in [0.1, 0.15) is 0 Å². The maximum absolute atomic E-state index is 13.4. The lowest BCUT2D eigenvalue weighted by Gasteiger charge is -2.28. The molecule has 1 aliphatic rings. The zero-order valence-electron chi connectivity index (χ0n) is 22.1. The van der Waals surface area contributed by atoms with E-state index in [9.17, 15) is 18.3 Å². The highest BCUT2D eigenvalue weighted by Crippen LogP contribution is 2.47. The van der Waals surface area contributed by atoms with Gasteiger partial charge in [0.2, 0.25) is 5.82 Å². The number of alkyl halides is 3. The molecule has 0 atom stereocenters. The lowest BCUT2D eigenvalue weighted by molar-refractivity contribution is -0.180. The predicted octanol–water partition coefficient (Wildman–Crippen LogP) is 5.82. The van der Waals surface area contributed by atoms with Crippen LogP contribution < -0.4 is 0 Å². The third-order valence-electron chi connectivity index (χ3n) is 6.98. The largest absolute Gasteiger partial charge is 0.397 e. The normalized spacial score (nSPS) is 16.5. The van der Waals surface area contributed by atoms with E-state index in [1.165, 1.54) is 24.3 Å². The standard InChI is InChI=1S/C27H27F3N4O2/c1-17-13-22(32-34(17)15-18-5-4-6-21(14-18)26(16-35)11-12-26)24-31-23(33-36-24)19-7-9-20(10-8-19)25(2,3)27(28,29)30/h4-10,13-14,35H,11-12,15-16H2,1-3H3/i16D2. The Morgan fingerprint density at radius 2 is 1.83 bits per heavy atom. The molecule has 0 amide bonds. The number of halogens is 3. The van der Waals surface area contributed by atoms with Crippen LogP contribution in [0.3, 0.4) is 0 Å². The average Bonchev–Trinajstić information content (AvgIpc) is 3.41. The number of aryl methyl sites for hydroxylation is 1. The van der Waals surface area contributed by atoms with E-state index in [0.29, 0.717) is 30.6 Å². The van der Waals surface area contributed by atoms with Gasteiger partial charge in [0.25, 0.3) is 5.89 Å². The third-order valence-corrected chi connectivity index (χ3v) is 6.98. The lowest BCUT2D eigenvalue weighted by atomic mass is 9.83.